The molecule has 0 unspecified atom stereocenters. The first kappa shape index (κ1) is 12.7. The van der Waals surface area contributed by atoms with Crippen LogP contribution in [0.4, 0.5) is 4.39 Å². The summed E-state index contributed by atoms with van der Waals surface area (Å²) in [5.74, 6) is 0.649. The quantitative estimate of drug-likeness (QED) is 0.606. The van der Waals surface area contributed by atoms with Crippen molar-refractivity contribution in [1.82, 2.24) is 0 Å². The van der Waals surface area contributed by atoms with Crippen molar-refractivity contribution in [2.75, 3.05) is 13.2 Å². The number of ether oxygens (including phenoxy) is 3. The van der Waals surface area contributed by atoms with Crippen molar-refractivity contribution in [3.05, 3.63) is 23.5 Å². The molecule has 104 valence electrons. The van der Waals surface area contributed by atoms with E-state index in [0.29, 0.717) is 18.1 Å². The van der Waals surface area contributed by atoms with Crippen molar-refractivity contribution in [2.24, 2.45) is 0 Å². The number of halogens is 1. The molecule has 0 aliphatic carbocycles. The molecule has 2 heterocycles. The minimum Gasteiger partial charge on any atom is -0.491 e. The van der Waals surface area contributed by atoms with Gasteiger partial charge in [0, 0.05) is 6.07 Å². The molecule has 2 aliphatic rings. The van der Waals surface area contributed by atoms with Gasteiger partial charge in [0.1, 0.15) is 18.0 Å². The van der Waals surface area contributed by atoms with Crippen LogP contribution in [0.25, 0.3) is 0 Å². The van der Waals surface area contributed by atoms with Crippen molar-refractivity contribution >= 4 is 0 Å². The molecule has 2 aliphatic heterocycles. The normalized spacial score (nSPS) is 24.5. The Morgan fingerprint density at radius 2 is 2.21 bits per heavy atom. The van der Waals surface area contributed by atoms with Crippen LogP contribution in [-0.2, 0) is 11.2 Å². The standard InChI is InChI=1S/C15H19FO3/c1-2-3-6-17-14-7-10-4-5-12(15-9-18-15)19-13(10)8-11(14)16/h7-8,12,15H,2-6,9H2,1H3/t12-,15-/m0/s1. The second-order valence-corrected chi connectivity index (χ2v) is 5.16. The van der Waals surface area contributed by atoms with Crippen LogP contribution in [-0.4, -0.2) is 25.4 Å². The van der Waals surface area contributed by atoms with Gasteiger partial charge in [-0.05, 0) is 30.9 Å². The maximum Gasteiger partial charge on any atom is 0.168 e. The summed E-state index contributed by atoms with van der Waals surface area (Å²) in [6, 6.07) is 3.23. The van der Waals surface area contributed by atoms with E-state index in [-0.39, 0.29) is 18.0 Å². The second kappa shape index (κ2) is 5.37. The molecule has 2 atom stereocenters. The molecule has 1 saturated heterocycles. The van der Waals surface area contributed by atoms with Crippen molar-refractivity contribution in [3.8, 4) is 11.5 Å². The fourth-order valence-corrected chi connectivity index (χ4v) is 2.37. The van der Waals surface area contributed by atoms with E-state index < -0.39 is 0 Å². The lowest BCUT2D eigenvalue weighted by Crippen LogP contribution is -2.28. The van der Waals surface area contributed by atoms with Crippen LogP contribution in [0.15, 0.2) is 12.1 Å². The van der Waals surface area contributed by atoms with Gasteiger partial charge in [0.2, 0.25) is 0 Å². The molecule has 19 heavy (non-hydrogen) atoms. The molecular weight excluding hydrogens is 247 g/mol. The molecule has 0 aromatic heterocycles. The Morgan fingerprint density at radius 3 is 2.95 bits per heavy atom. The zero-order valence-electron chi connectivity index (χ0n) is 11.2. The summed E-state index contributed by atoms with van der Waals surface area (Å²) in [6.07, 6.45) is 4.09. The lowest BCUT2D eigenvalue weighted by atomic mass is 10.0. The maximum absolute atomic E-state index is 13.9. The number of unbranched alkanes of at least 4 members (excludes halogenated alkanes) is 1. The van der Waals surface area contributed by atoms with Crippen molar-refractivity contribution in [2.45, 2.75) is 44.8 Å². The number of fused-ring (bicyclic) bond motifs is 1. The van der Waals surface area contributed by atoms with E-state index in [0.717, 1.165) is 37.9 Å². The van der Waals surface area contributed by atoms with Crippen molar-refractivity contribution in [1.29, 1.82) is 0 Å². The Balaban J connectivity index is 1.72. The minimum atomic E-state index is -0.341. The molecular formula is C15H19FO3. The van der Waals surface area contributed by atoms with Gasteiger partial charge in [0.05, 0.1) is 13.2 Å². The van der Waals surface area contributed by atoms with Gasteiger partial charge in [-0.2, -0.15) is 0 Å². The highest BCUT2D eigenvalue weighted by Crippen LogP contribution is 2.36. The van der Waals surface area contributed by atoms with Gasteiger partial charge in [0.15, 0.2) is 11.6 Å². The summed E-state index contributed by atoms with van der Waals surface area (Å²) < 4.78 is 30.4. The van der Waals surface area contributed by atoms with Crippen molar-refractivity contribution in [3.63, 3.8) is 0 Å². The minimum absolute atomic E-state index is 0.0822. The third kappa shape index (κ3) is 2.84. The molecule has 1 aromatic rings. The SMILES string of the molecule is CCCCOc1cc2c(cc1F)O[C@H]([C@@H]1CO1)CC2. The predicted molar refractivity (Wildman–Crippen MR) is 69.3 cm³/mol. The highest BCUT2D eigenvalue weighted by Gasteiger charge is 2.37. The topological polar surface area (TPSA) is 31.0 Å². The number of epoxide rings is 1. The molecule has 1 fully saturated rings. The molecule has 0 radical (unpaired) electrons. The van der Waals surface area contributed by atoms with Gasteiger partial charge in [-0.3, -0.25) is 0 Å². The number of benzene rings is 1. The summed E-state index contributed by atoms with van der Waals surface area (Å²) in [4.78, 5) is 0. The van der Waals surface area contributed by atoms with E-state index in [1.54, 1.807) is 6.07 Å². The first-order chi connectivity index (χ1) is 9.28. The molecule has 0 bridgehead atoms. The smallest absolute Gasteiger partial charge is 0.168 e. The number of hydrogen-bond acceptors (Lipinski definition) is 3. The van der Waals surface area contributed by atoms with Gasteiger partial charge in [0.25, 0.3) is 0 Å². The fourth-order valence-electron chi connectivity index (χ4n) is 2.37. The largest absolute Gasteiger partial charge is 0.491 e. The molecule has 4 heteroatoms. The molecule has 0 amide bonds. The number of aryl methyl sites for hydroxylation is 1. The first-order valence-corrected chi connectivity index (χ1v) is 7.01. The van der Waals surface area contributed by atoms with Gasteiger partial charge in [-0.25, -0.2) is 4.39 Å². The van der Waals surface area contributed by atoms with E-state index >= 15 is 0 Å². The van der Waals surface area contributed by atoms with Crippen LogP contribution < -0.4 is 9.47 Å². The van der Waals surface area contributed by atoms with Crippen molar-refractivity contribution < 1.29 is 18.6 Å². The fraction of sp³-hybridized carbons (Fsp3) is 0.600. The highest BCUT2D eigenvalue weighted by atomic mass is 19.1. The van der Waals surface area contributed by atoms with E-state index in [4.69, 9.17) is 14.2 Å². The van der Waals surface area contributed by atoms with Crippen LogP contribution in [0.3, 0.4) is 0 Å². The molecule has 0 N–H and O–H groups in total. The molecule has 3 rings (SSSR count). The Kier molecular flexibility index (Phi) is 3.60. The summed E-state index contributed by atoms with van der Waals surface area (Å²) in [5.41, 5.74) is 1.03. The molecule has 3 nitrogen and oxygen atoms in total. The van der Waals surface area contributed by atoms with Crippen LogP contribution in [0.1, 0.15) is 31.7 Å². The predicted octanol–water partition coefficient (Wildman–Crippen LogP) is 3.10. The molecule has 1 aromatic carbocycles. The van der Waals surface area contributed by atoms with Gasteiger partial charge in [-0.15, -0.1) is 0 Å². The highest BCUT2D eigenvalue weighted by molar-refractivity contribution is 5.43. The maximum atomic E-state index is 13.9. The summed E-state index contributed by atoms with van der Waals surface area (Å²) in [6.45, 7) is 3.41. The Hall–Kier alpha value is -1.29. The molecule has 0 saturated carbocycles. The van der Waals surface area contributed by atoms with E-state index in [2.05, 4.69) is 6.92 Å². The number of hydrogen-bond donors (Lipinski definition) is 0. The average Bonchev–Trinajstić information content (AvgIpc) is 3.23. The summed E-state index contributed by atoms with van der Waals surface area (Å²) in [7, 11) is 0. The van der Waals surface area contributed by atoms with Crippen LogP contribution in [0.5, 0.6) is 11.5 Å². The average molecular weight is 266 g/mol. The van der Waals surface area contributed by atoms with Crippen LogP contribution in [0.2, 0.25) is 0 Å². The monoisotopic (exact) mass is 266 g/mol. The zero-order valence-corrected chi connectivity index (χ0v) is 11.2. The summed E-state index contributed by atoms with van der Waals surface area (Å²) in [5, 5.41) is 0. The third-order valence-corrected chi connectivity index (χ3v) is 3.62. The van der Waals surface area contributed by atoms with E-state index in [1.165, 1.54) is 6.07 Å². The third-order valence-electron chi connectivity index (χ3n) is 3.62. The van der Waals surface area contributed by atoms with Gasteiger partial charge in [-0.1, -0.05) is 13.3 Å². The second-order valence-electron chi connectivity index (χ2n) is 5.16. The van der Waals surface area contributed by atoms with E-state index in [1.807, 2.05) is 0 Å². The molecule has 0 spiro atoms. The lowest BCUT2D eigenvalue weighted by molar-refractivity contribution is 0.135. The Bertz CT molecular complexity index is 457. The van der Waals surface area contributed by atoms with Gasteiger partial charge < -0.3 is 14.2 Å². The Labute approximate surface area is 112 Å². The van der Waals surface area contributed by atoms with E-state index in [9.17, 15) is 4.39 Å². The Morgan fingerprint density at radius 1 is 1.37 bits per heavy atom. The number of rotatable bonds is 5. The zero-order chi connectivity index (χ0) is 13.2. The first-order valence-electron chi connectivity index (χ1n) is 7.01. The lowest BCUT2D eigenvalue weighted by Gasteiger charge is -2.25. The summed E-state index contributed by atoms with van der Waals surface area (Å²) >= 11 is 0. The van der Waals surface area contributed by atoms with Crippen LogP contribution >= 0.6 is 0 Å². The van der Waals surface area contributed by atoms with Gasteiger partial charge >= 0.3 is 0 Å². The van der Waals surface area contributed by atoms with Crippen LogP contribution in [0, 0.1) is 5.82 Å².